The lowest BCUT2D eigenvalue weighted by molar-refractivity contribution is 0.0364. The van der Waals surface area contributed by atoms with E-state index in [1.807, 2.05) is 18.2 Å². The van der Waals surface area contributed by atoms with Crippen molar-refractivity contribution in [2.45, 2.75) is 43.9 Å². The summed E-state index contributed by atoms with van der Waals surface area (Å²) in [6.07, 6.45) is 3.84. The van der Waals surface area contributed by atoms with Crippen molar-refractivity contribution in [2.75, 3.05) is 13.1 Å². The van der Waals surface area contributed by atoms with Gasteiger partial charge in [0.25, 0.3) is 0 Å². The van der Waals surface area contributed by atoms with E-state index < -0.39 is 5.82 Å². The van der Waals surface area contributed by atoms with Crippen molar-refractivity contribution >= 4 is 0 Å². The molecule has 140 valence electrons. The number of nitrogens with two attached hydrogens (primary N) is 1. The number of nitrogens with zero attached hydrogens (tertiary/aromatic N) is 2. The van der Waals surface area contributed by atoms with E-state index >= 15 is 0 Å². The molecule has 1 fully saturated rings. The number of aryl methyl sites for hydroxylation is 1. The van der Waals surface area contributed by atoms with Crippen LogP contribution in [0.4, 0.5) is 4.39 Å². The van der Waals surface area contributed by atoms with Crippen LogP contribution in [0.5, 0.6) is 5.75 Å². The molecule has 27 heavy (non-hydrogen) atoms. The summed E-state index contributed by atoms with van der Waals surface area (Å²) in [6, 6.07) is 15.1. The van der Waals surface area contributed by atoms with E-state index in [0.29, 0.717) is 5.75 Å². The van der Waals surface area contributed by atoms with Gasteiger partial charge in [0.1, 0.15) is 29.3 Å². The van der Waals surface area contributed by atoms with Crippen molar-refractivity contribution in [1.29, 1.82) is 5.26 Å². The number of halogens is 1. The average Bonchev–Trinajstić information content (AvgIpc) is 2.68. The summed E-state index contributed by atoms with van der Waals surface area (Å²) < 4.78 is 20.4. The van der Waals surface area contributed by atoms with Crippen molar-refractivity contribution in [1.82, 2.24) is 4.90 Å². The van der Waals surface area contributed by atoms with Gasteiger partial charge < -0.3 is 10.5 Å². The standard InChI is InChI=1S/C22H24FN3O/c23-19-8-3-9-21(18(19)13-24)27-22-17-7-2-1-5-15(17)10-11-20(22)26-12-4-6-16(25)14-26/h1-3,5,7-9,16,20,22H,4,6,10-12,14,25H2/t16-,20+,22+/m1/s1. The highest BCUT2D eigenvalue weighted by Gasteiger charge is 2.37. The van der Waals surface area contributed by atoms with Crippen LogP contribution < -0.4 is 10.5 Å². The van der Waals surface area contributed by atoms with Crippen LogP contribution in [-0.4, -0.2) is 30.1 Å². The lowest BCUT2D eigenvalue weighted by Gasteiger charge is -2.43. The topological polar surface area (TPSA) is 62.3 Å². The number of benzene rings is 2. The highest BCUT2D eigenvalue weighted by Crippen LogP contribution is 2.38. The minimum absolute atomic E-state index is 0.0327. The fourth-order valence-corrected chi connectivity index (χ4v) is 4.41. The SMILES string of the molecule is N#Cc1c(F)cccc1O[C@H]1c2ccccc2CC[C@@H]1N1CCC[C@@H](N)C1. The van der Waals surface area contributed by atoms with Crippen LogP contribution in [0.3, 0.4) is 0 Å². The maximum absolute atomic E-state index is 14.1. The monoisotopic (exact) mass is 365 g/mol. The number of hydrogen-bond acceptors (Lipinski definition) is 4. The molecule has 0 unspecified atom stereocenters. The molecule has 0 amide bonds. The molecule has 0 aromatic heterocycles. The Morgan fingerprint density at radius 2 is 2.00 bits per heavy atom. The third-order valence-electron chi connectivity index (χ3n) is 5.72. The maximum atomic E-state index is 14.1. The predicted molar refractivity (Wildman–Crippen MR) is 102 cm³/mol. The van der Waals surface area contributed by atoms with Crippen molar-refractivity contribution < 1.29 is 9.13 Å². The molecule has 2 N–H and O–H groups in total. The lowest BCUT2D eigenvalue weighted by atomic mass is 9.84. The Balaban J connectivity index is 1.71. The molecule has 1 heterocycles. The Labute approximate surface area is 159 Å². The minimum Gasteiger partial charge on any atom is -0.483 e. The summed E-state index contributed by atoms with van der Waals surface area (Å²) in [7, 11) is 0. The molecule has 1 saturated heterocycles. The van der Waals surface area contributed by atoms with Gasteiger partial charge in [0.05, 0.1) is 6.04 Å². The first kappa shape index (κ1) is 18.0. The second kappa shape index (κ2) is 7.67. The van der Waals surface area contributed by atoms with Gasteiger partial charge in [-0.3, -0.25) is 4.90 Å². The third-order valence-corrected chi connectivity index (χ3v) is 5.72. The fourth-order valence-electron chi connectivity index (χ4n) is 4.41. The second-order valence-corrected chi connectivity index (χ2v) is 7.47. The summed E-state index contributed by atoms with van der Waals surface area (Å²) in [5.74, 6) is -0.235. The highest BCUT2D eigenvalue weighted by atomic mass is 19.1. The summed E-state index contributed by atoms with van der Waals surface area (Å²) in [5, 5.41) is 9.38. The molecule has 0 bridgehead atoms. The van der Waals surface area contributed by atoms with Crippen molar-refractivity contribution in [3.8, 4) is 11.8 Å². The van der Waals surface area contributed by atoms with Gasteiger partial charge in [-0.05, 0) is 55.5 Å². The molecule has 0 radical (unpaired) electrons. The van der Waals surface area contributed by atoms with Crippen LogP contribution in [0.25, 0.3) is 0 Å². The zero-order chi connectivity index (χ0) is 18.8. The molecule has 2 aliphatic rings. The molecule has 3 atom stereocenters. The van der Waals surface area contributed by atoms with Gasteiger partial charge in [0.15, 0.2) is 0 Å². The molecular formula is C22H24FN3O. The third kappa shape index (κ3) is 3.55. The molecule has 2 aromatic carbocycles. The number of piperidine rings is 1. The van der Waals surface area contributed by atoms with Gasteiger partial charge in [-0.1, -0.05) is 30.3 Å². The van der Waals surface area contributed by atoms with Gasteiger partial charge in [-0.15, -0.1) is 0 Å². The Bertz CT molecular complexity index is 863. The van der Waals surface area contributed by atoms with Gasteiger partial charge in [0.2, 0.25) is 0 Å². The quantitative estimate of drug-likeness (QED) is 0.903. The molecule has 1 aliphatic carbocycles. The Morgan fingerprint density at radius 3 is 2.81 bits per heavy atom. The normalized spacial score (nSPS) is 25.4. The van der Waals surface area contributed by atoms with Crippen molar-refractivity contribution in [3.63, 3.8) is 0 Å². The fraction of sp³-hybridized carbons (Fsp3) is 0.409. The predicted octanol–water partition coefficient (Wildman–Crippen LogP) is 3.56. The molecule has 0 spiro atoms. The maximum Gasteiger partial charge on any atom is 0.144 e. The van der Waals surface area contributed by atoms with Gasteiger partial charge in [-0.25, -0.2) is 4.39 Å². The second-order valence-electron chi connectivity index (χ2n) is 7.47. The Kier molecular flexibility index (Phi) is 5.11. The van der Waals surface area contributed by atoms with E-state index in [-0.39, 0.29) is 23.8 Å². The van der Waals surface area contributed by atoms with Gasteiger partial charge in [-0.2, -0.15) is 5.26 Å². The van der Waals surface area contributed by atoms with Crippen molar-refractivity contribution in [3.05, 3.63) is 65.0 Å². The van der Waals surface area contributed by atoms with E-state index in [0.717, 1.165) is 44.3 Å². The molecular weight excluding hydrogens is 341 g/mol. The van der Waals surface area contributed by atoms with Crippen LogP contribution in [0.15, 0.2) is 42.5 Å². The Hall–Kier alpha value is -2.42. The van der Waals surface area contributed by atoms with E-state index in [2.05, 4.69) is 17.0 Å². The Morgan fingerprint density at radius 1 is 1.15 bits per heavy atom. The van der Waals surface area contributed by atoms with Crippen LogP contribution in [-0.2, 0) is 6.42 Å². The first-order valence-electron chi connectivity index (χ1n) is 9.60. The number of hydrogen-bond donors (Lipinski definition) is 1. The van der Waals surface area contributed by atoms with Crippen molar-refractivity contribution in [2.24, 2.45) is 5.73 Å². The molecule has 4 nitrogen and oxygen atoms in total. The number of likely N-dealkylation sites (tertiary alicyclic amines) is 1. The molecule has 0 saturated carbocycles. The largest absolute Gasteiger partial charge is 0.483 e. The smallest absolute Gasteiger partial charge is 0.144 e. The first-order valence-corrected chi connectivity index (χ1v) is 9.60. The number of nitriles is 1. The zero-order valence-electron chi connectivity index (χ0n) is 15.3. The van der Waals surface area contributed by atoms with E-state index in [1.54, 1.807) is 12.1 Å². The van der Waals surface area contributed by atoms with E-state index in [4.69, 9.17) is 10.5 Å². The van der Waals surface area contributed by atoms with E-state index in [1.165, 1.54) is 11.6 Å². The number of fused-ring (bicyclic) bond motifs is 1. The highest BCUT2D eigenvalue weighted by molar-refractivity contribution is 5.45. The molecule has 2 aromatic rings. The molecule has 5 heteroatoms. The average molecular weight is 365 g/mol. The van der Waals surface area contributed by atoms with Crippen LogP contribution in [0.2, 0.25) is 0 Å². The van der Waals surface area contributed by atoms with Crippen LogP contribution in [0, 0.1) is 17.1 Å². The zero-order valence-corrected chi connectivity index (χ0v) is 15.3. The molecule has 1 aliphatic heterocycles. The first-order chi connectivity index (χ1) is 13.2. The summed E-state index contributed by atoms with van der Waals surface area (Å²) >= 11 is 0. The minimum atomic E-state index is -0.546. The van der Waals surface area contributed by atoms with Crippen LogP contribution in [0.1, 0.15) is 42.1 Å². The summed E-state index contributed by atoms with van der Waals surface area (Å²) in [6.45, 7) is 1.84. The van der Waals surface area contributed by atoms with Gasteiger partial charge in [0, 0.05) is 12.6 Å². The number of rotatable bonds is 3. The van der Waals surface area contributed by atoms with Gasteiger partial charge >= 0.3 is 0 Å². The van der Waals surface area contributed by atoms with Crippen LogP contribution >= 0.6 is 0 Å². The number of ether oxygens (including phenoxy) is 1. The lowest BCUT2D eigenvalue weighted by Crippen LogP contribution is -2.51. The summed E-state index contributed by atoms with van der Waals surface area (Å²) in [5.41, 5.74) is 8.57. The van der Waals surface area contributed by atoms with E-state index in [9.17, 15) is 9.65 Å². The summed E-state index contributed by atoms with van der Waals surface area (Å²) in [4.78, 5) is 2.42. The molecule has 4 rings (SSSR count).